The van der Waals surface area contributed by atoms with Crippen LogP contribution >= 0.6 is 11.3 Å². The first-order chi connectivity index (χ1) is 14.1. The van der Waals surface area contributed by atoms with Crippen LogP contribution in [0.4, 0.5) is 0 Å². The number of ketones is 1. The standard InChI is InChI=1S/C25H30O3S/c1-3-4-5-7-18-10-12-20(13-11-18)24-19(14-16-22(24)26)8-6-9-21-15-17-23(29-21)25(27)28-2/h5,7,10-13,15,17,19,24H,3-4,6,8-9,14,16H2,1-2H3. The molecule has 3 nitrogen and oxygen atoms in total. The van der Waals surface area contributed by atoms with E-state index < -0.39 is 0 Å². The molecule has 0 aliphatic heterocycles. The molecule has 3 rings (SSSR count). The number of methoxy groups -OCH3 is 1. The number of Topliss-reactive ketones (excluding diaryl/α,β-unsaturated/α-hetero) is 1. The molecular weight excluding hydrogens is 380 g/mol. The van der Waals surface area contributed by atoms with Gasteiger partial charge in [0.15, 0.2) is 0 Å². The van der Waals surface area contributed by atoms with Crippen molar-refractivity contribution in [1.29, 1.82) is 0 Å². The van der Waals surface area contributed by atoms with Gasteiger partial charge in [-0.15, -0.1) is 11.3 Å². The van der Waals surface area contributed by atoms with Gasteiger partial charge in [0.25, 0.3) is 0 Å². The Morgan fingerprint density at radius 1 is 1.21 bits per heavy atom. The molecule has 0 radical (unpaired) electrons. The molecule has 2 unspecified atom stereocenters. The topological polar surface area (TPSA) is 43.4 Å². The summed E-state index contributed by atoms with van der Waals surface area (Å²) in [5.74, 6) is 0.575. The van der Waals surface area contributed by atoms with E-state index in [1.807, 2.05) is 12.1 Å². The summed E-state index contributed by atoms with van der Waals surface area (Å²) < 4.78 is 4.78. The lowest BCUT2D eigenvalue weighted by Crippen LogP contribution is -2.13. The molecule has 154 valence electrons. The number of carbonyl (C=O) groups is 2. The summed E-state index contributed by atoms with van der Waals surface area (Å²) in [7, 11) is 1.41. The zero-order chi connectivity index (χ0) is 20.6. The number of ether oxygens (including phenoxy) is 1. The average Bonchev–Trinajstić information content (AvgIpc) is 3.35. The highest BCUT2D eigenvalue weighted by atomic mass is 32.1. The quantitative estimate of drug-likeness (QED) is 0.447. The largest absolute Gasteiger partial charge is 0.465 e. The zero-order valence-corrected chi connectivity index (χ0v) is 18.2. The van der Waals surface area contributed by atoms with Crippen LogP contribution in [0, 0.1) is 5.92 Å². The lowest BCUT2D eigenvalue weighted by molar-refractivity contribution is -0.119. The number of hydrogen-bond donors (Lipinski definition) is 0. The van der Waals surface area contributed by atoms with Crippen LogP contribution in [-0.2, 0) is 16.0 Å². The lowest BCUT2D eigenvalue weighted by atomic mass is 9.85. The highest BCUT2D eigenvalue weighted by Crippen LogP contribution is 2.40. The Balaban J connectivity index is 1.57. The van der Waals surface area contributed by atoms with E-state index in [4.69, 9.17) is 4.74 Å². The number of benzene rings is 1. The molecule has 2 atom stereocenters. The van der Waals surface area contributed by atoms with E-state index in [0.717, 1.165) is 44.1 Å². The fraction of sp³-hybridized carbons (Fsp3) is 0.440. The third-order valence-electron chi connectivity index (χ3n) is 5.69. The smallest absolute Gasteiger partial charge is 0.348 e. The number of unbranched alkanes of at least 4 members (excludes halogenated alkanes) is 1. The maximum Gasteiger partial charge on any atom is 0.348 e. The summed E-state index contributed by atoms with van der Waals surface area (Å²) in [6, 6.07) is 12.4. The molecule has 0 bridgehead atoms. The minimum atomic E-state index is -0.268. The fourth-order valence-corrected chi connectivity index (χ4v) is 5.11. The maximum atomic E-state index is 12.6. The van der Waals surface area contributed by atoms with Gasteiger partial charge < -0.3 is 4.74 Å². The van der Waals surface area contributed by atoms with Gasteiger partial charge in [-0.05, 0) is 61.3 Å². The second kappa shape index (κ2) is 10.5. The van der Waals surface area contributed by atoms with Gasteiger partial charge >= 0.3 is 5.97 Å². The van der Waals surface area contributed by atoms with Crippen LogP contribution in [0.25, 0.3) is 6.08 Å². The first kappa shape index (κ1) is 21.5. The Morgan fingerprint density at radius 3 is 2.72 bits per heavy atom. The van der Waals surface area contributed by atoms with E-state index in [1.54, 1.807) is 0 Å². The summed E-state index contributed by atoms with van der Waals surface area (Å²) in [5, 5.41) is 0. The summed E-state index contributed by atoms with van der Waals surface area (Å²) in [6.07, 6.45) is 11.3. The van der Waals surface area contributed by atoms with E-state index in [2.05, 4.69) is 43.3 Å². The van der Waals surface area contributed by atoms with Crippen LogP contribution in [-0.4, -0.2) is 18.9 Å². The molecule has 29 heavy (non-hydrogen) atoms. The average molecular weight is 411 g/mol. The first-order valence-electron chi connectivity index (χ1n) is 10.6. The van der Waals surface area contributed by atoms with Crippen LogP contribution in [0.2, 0.25) is 0 Å². The Bertz CT molecular complexity index is 847. The first-order valence-corrected chi connectivity index (χ1v) is 11.4. The molecule has 1 heterocycles. The van der Waals surface area contributed by atoms with Gasteiger partial charge in [-0.2, -0.15) is 0 Å². The normalized spacial score (nSPS) is 19.2. The van der Waals surface area contributed by atoms with Crippen molar-refractivity contribution in [3.05, 3.63) is 63.4 Å². The van der Waals surface area contributed by atoms with Crippen LogP contribution in [0.15, 0.2) is 42.5 Å². The predicted molar refractivity (Wildman–Crippen MR) is 119 cm³/mol. The molecule has 0 saturated heterocycles. The minimum Gasteiger partial charge on any atom is -0.465 e. The number of thiophene rings is 1. The third kappa shape index (κ3) is 5.66. The molecule has 1 aromatic heterocycles. The zero-order valence-electron chi connectivity index (χ0n) is 17.4. The molecule has 0 spiro atoms. The Morgan fingerprint density at radius 2 is 2.00 bits per heavy atom. The van der Waals surface area contributed by atoms with Crippen LogP contribution in [0.3, 0.4) is 0 Å². The van der Waals surface area contributed by atoms with E-state index in [-0.39, 0.29) is 11.9 Å². The van der Waals surface area contributed by atoms with Gasteiger partial charge in [-0.3, -0.25) is 4.79 Å². The maximum absolute atomic E-state index is 12.6. The lowest BCUT2D eigenvalue weighted by Gasteiger charge is -2.19. The molecule has 1 fully saturated rings. The highest BCUT2D eigenvalue weighted by molar-refractivity contribution is 7.13. The third-order valence-corrected chi connectivity index (χ3v) is 6.81. The second-order valence-corrected chi connectivity index (χ2v) is 8.92. The minimum absolute atomic E-state index is 0.0395. The number of esters is 1. The molecule has 2 aromatic rings. The van der Waals surface area contributed by atoms with E-state index in [9.17, 15) is 9.59 Å². The molecule has 4 heteroatoms. The molecule has 0 amide bonds. The second-order valence-electron chi connectivity index (χ2n) is 7.75. The number of aryl methyl sites for hydroxylation is 1. The molecule has 1 aliphatic rings. The molecule has 1 aliphatic carbocycles. The van der Waals surface area contributed by atoms with Crippen LogP contribution < -0.4 is 0 Å². The predicted octanol–water partition coefficient (Wildman–Crippen LogP) is 6.43. The van der Waals surface area contributed by atoms with E-state index >= 15 is 0 Å². The number of hydrogen-bond acceptors (Lipinski definition) is 4. The van der Waals surface area contributed by atoms with E-state index in [0.29, 0.717) is 23.0 Å². The summed E-state index contributed by atoms with van der Waals surface area (Å²) >= 11 is 1.51. The van der Waals surface area contributed by atoms with Crippen molar-refractivity contribution in [2.75, 3.05) is 7.11 Å². The molecule has 1 saturated carbocycles. The fourth-order valence-electron chi connectivity index (χ4n) is 4.14. The monoisotopic (exact) mass is 410 g/mol. The van der Waals surface area contributed by atoms with Crippen molar-refractivity contribution in [2.24, 2.45) is 5.92 Å². The molecule has 1 aromatic carbocycles. The Hall–Kier alpha value is -2.20. The van der Waals surface area contributed by atoms with Gasteiger partial charge in [-0.25, -0.2) is 4.79 Å². The van der Waals surface area contributed by atoms with Crippen molar-refractivity contribution in [3.63, 3.8) is 0 Å². The van der Waals surface area contributed by atoms with Crippen molar-refractivity contribution in [1.82, 2.24) is 0 Å². The van der Waals surface area contributed by atoms with Crippen LogP contribution in [0.5, 0.6) is 0 Å². The number of rotatable bonds is 9. The summed E-state index contributed by atoms with van der Waals surface area (Å²) in [5.41, 5.74) is 2.36. The Labute approximate surface area is 177 Å². The van der Waals surface area contributed by atoms with Crippen molar-refractivity contribution in [3.8, 4) is 0 Å². The SMILES string of the molecule is CCCC=Cc1ccc(C2C(=O)CCC2CCCc2ccc(C(=O)OC)s2)cc1. The van der Waals surface area contributed by atoms with Gasteiger partial charge in [0.1, 0.15) is 10.7 Å². The summed E-state index contributed by atoms with van der Waals surface area (Å²) in [4.78, 5) is 26.0. The van der Waals surface area contributed by atoms with Gasteiger partial charge in [0, 0.05) is 17.2 Å². The van der Waals surface area contributed by atoms with Crippen molar-refractivity contribution >= 4 is 29.2 Å². The van der Waals surface area contributed by atoms with Crippen LogP contribution in [0.1, 0.15) is 77.0 Å². The highest BCUT2D eigenvalue weighted by Gasteiger charge is 2.35. The van der Waals surface area contributed by atoms with Gasteiger partial charge in [0.05, 0.1) is 7.11 Å². The Kier molecular flexibility index (Phi) is 7.82. The van der Waals surface area contributed by atoms with E-state index in [1.165, 1.54) is 28.9 Å². The molecular formula is C25H30O3S. The van der Waals surface area contributed by atoms with Gasteiger partial charge in [0.2, 0.25) is 0 Å². The van der Waals surface area contributed by atoms with Crippen molar-refractivity contribution in [2.45, 2.75) is 57.8 Å². The van der Waals surface area contributed by atoms with Gasteiger partial charge in [-0.1, -0.05) is 49.8 Å². The molecule has 0 N–H and O–H groups in total. The van der Waals surface area contributed by atoms with Crippen molar-refractivity contribution < 1.29 is 14.3 Å². The number of allylic oxidation sites excluding steroid dienone is 1. The number of carbonyl (C=O) groups excluding carboxylic acids is 2. The summed E-state index contributed by atoms with van der Waals surface area (Å²) in [6.45, 7) is 2.18.